The summed E-state index contributed by atoms with van der Waals surface area (Å²) in [6, 6.07) is 6.87. The van der Waals surface area contributed by atoms with Crippen LogP contribution in [0.5, 0.6) is 0 Å². The molecule has 0 fully saturated rings. The number of carbonyl (C=O) groups is 1. The van der Waals surface area contributed by atoms with Crippen molar-refractivity contribution in [2.75, 3.05) is 6.79 Å². The van der Waals surface area contributed by atoms with Gasteiger partial charge < -0.3 is 4.74 Å². The number of carbonyl (C=O) groups excluding carboxylic acids is 1. The van der Waals surface area contributed by atoms with E-state index >= 15 is 0 Å². The fourth-order valence-electron chi connectivity index (χ4n) is 0.998. The first-order chi connectivity index (χ1) is 7.11. The molecule has 82 valence electrons. The van der Waals surface area contributed by atoms with Crippen molar-refractivity contribution in [1.29, 1.82) is 0 Å². The highest BCUT2D eigenvalue weighted by atomic mass is 32.2. The molecular weight excluding hydrogens is 220 g/mol. The summed E-state index contributed by atoms with van der Waals surface area (Å²) in [5.74, 6) is -0.585. The fourth-order valence-corrected chi connectivity index (χ4v) is 1.13. The van der Waals surface area contributed by atoms with Crippen molar-refractivity contribution in [2.24, 2.45) is 0 Å². The number of ether oxygens (including phenoxy) is 1. The average Bonchev–Trinajstić information content (AvgIpc) is 2.17. The van der Waals surface area contributed by atoms with Crippen LogP contribution in [0.1, 0.15) is 15.9 Å². The van der Waals surface area contributed by atoms with Gasteiger partial charge in [-0.25, -0.2) is 8.98 Å². The Balaban J connectivity index is 2.54. The van der Waals surface area contributed by atoms with E-state index in [0.717, 1.165) is 5.56 Å². The molecule has 0 aromatic heterocycles. The molecule has 6 heteroatoms. The number of esters is 1. The minimum Gasteiger partial charge on any atom is -0.434 e. The van der Waals surface area contributed by atoms with Gasteiger partial charge in [-0.2, -0.15) is 4.21 Å². The summed E-state index contributed by atoms with van der Waals surface area (Å²) in [5, 5.41) is 0. The molecule has 1 N–H and O–H groups in total. The Kier molecular flexibility index (Phi) is 4.41. The van der Waals surface area contributed by atoms with E-state index in [1.807, 2.05) is 0 Å². The van der Waals surface area contributed by atoms with Crippen LogP contribution in [-0.2, 0) is 20.3 Å². The van der Waals surface area contributed by atoms with Crippen LogP contribution in [0, 0.1) is 6.92 Å². The molecule has 0 radical (unpaired) electrons. The molecule has 0 aliphatic heterocycles. The van der Waals surface area contributed by atoms with Crippen LogP contribution < -0.4 is 0 Å². The predicted molar refractivity (Wildman–Crippen MR) is 53.3 cm³/mol. The SMILES string of the molecule is Cc1ccccc1C(=O)OCOS(=O)O. The smallest absolute Gasteiger partial charge is 0.340 e. The maximum absolute atomic E-state index is 11.4. The third-order valence-electron chi connectivity index (χ3n) is 1.70. The Morgan fingerprint density at radius 3 is 2.73 bits per heavy atom. The lowest BCUT2D eigenvalue weighted by Gasteiger charge is -2.05. The van der Waals surface area contributed by atoms with Crippen LogP contribution in [0.25, 0.3) is 0 Å². The molecule has 0 heterocycles. The summed E-state index contributed by atoms with van der Waals surface area (Å²) in [7, 11) is 0. The average molecular weight is 230 g/mol. The molecule has 1 rings (SSSR count). The zero-order chi connectivity index (χ0) is 11.3. The Morgan fingerprint density at radius 2 is 2.13 bits per heavy atom. The first-order valence-electron chi connectivity index (χ1n) is 4.08. The Hall–Kier alpha value is -1.24. The van der Waals surface area contributed by atoms with E-state index < -0.39 is 24.1 Å². The summed E-state index contributed by atoms with van der Waals surface area (Å²) in [6.07, 6.45) is 0. The van der Waals surface area contributed by atoms with Gasteiger partial charge in [0.2, 0.25) is 6.79 Å². The topological polar surface area (TPSA) is 72.8 Å². The lowest BCUT2D eigenvalue weighted by atomic mass is 10.1. The molecule has 0 bridgehead atoms. The summed E-state index contributed by atoms with van der Waals surface area (Å²) in [6.45, 7) is 1.22. The molecule has 5 nitrogen and oxygen atoms in total. The van der Waals surface area contributed by atoms with E-state index in [1.165, 1.54) is 0 Å². The van der Waals surface area contributed by atoms with Crippen LogP contribution >= 0.6 is 0 Å². The minimum absolute atomic E-state index is 0.407. The highest BCUT2D eigenvalue weighted by molar-refractivity contribution is 7.74. The third-order valence-corrected chi connectivity index (χ3v) is 2.00. The van der Waals surface area contributed by atoms with E-state index in [-0.39, 0.29) is 0 Å². The second kappa shape index (κ2) is 5.59. The van der Waals surface area contributed by atoms with Gasteiger partial charge in [-0.05, 0) is 18.6 Å². The normalized spacial score (nSPS) is 12.1. The van der Waals surface area contributed by atoms with E-state index in [9.17, 15) is 9.00 Å². The highest BCUT2D eigenvalue weighted by Crippen LogP contribution is 2.08. The van der Waals surface area contributed by atoms with Crippen molar-refractivity contribution >= 4 is 17.3 Å². The Morgan fingerprint density at radius 1 is 1.47 bits per heavy atom. The number of aryl methyl sites for hydroxylation is 1. The molecule has 0 aliphatic carbocycles. The van der Waals surface area contributed by atoms with Gasteiger partial charge in [0.15, 0.2) is 0 Å². The fraction of sp³-hybridized carbons (Fsp3) is 0.222. The van der Waals surface area contributed by atoms with E-state index in [0.29, 0.717) is 5.56 Å². The van der Waals surface area contributed by atoms with Crippen molar-refractivity contribution in [3.05, 3.63) is 35.4 Å². The zero-order valence-corrected chi connectivity index (χ0v) is 8.82. The first kappa shape index (κ1) is 11.8. The minimum atomic E-state index is -2.42. The van der Waals surface area contributed by atoms with E-state index in [1.54, 1.807) is 31.2 Å². The standard InChI is InChI=1S/C9H10O5S/c1-7-4-2-3-5-8(7)9(10)13-6-14-15(11)12/h2-5H,6H2,1H3,(H,11,12). The molecule has 1 unspecified atom stereocenters. The molecule has 0 spiro atoms. The third kappa shape index (κ3) is 3.78. The van der Waals surface area contributed by atoms with Crippen molar-refractivity contribution in [3.8, 4) is 0 Å². The van der Waals surface area contributed by atoms with Crippen molar-refractivity contribution in [1.82, 2.24) is 0 Å². The lowest BCUT2D eigenvalue weighted by molar-refractivity contribution is 0.0170. The van der Waals surface area contributed by atoms with Gasteiger partial charge in [0.05, 0.1) is 5.56 Å². The van der Waals surface area contributed by atoms with Crippen LogP contribution in [0.4, 0.5) is 0 Å². The summed E-state index contributed by atoms with van der Waals surface area (Å²) >= 11 is -2.42. The number of benzene rings is 1. The summed E-state index contributed by atoms with van der Waals surface area (Å²) < 4.78 is 27.1. The molecular formula is C9H10O5S. The second-order valence-electron chi connectivity index (χ2n) is 2.70. The van der Waals surface area contributed by atoms with Crippen LogP contribution in [-0.4, -0.2) is 21.5 Å². The monoisotopic (exact) mass is 230 g/mol. The van der Waals surface area contributed by atoms with Gasteiger partial charge in [-0.15, -0.1) is 0 Å². The van der Waals surface area contributed by atoms with Gasteiger partial charge in [0.1, 0.15) is 0 Å². The lowest BCUT2D eigenvalue weighted by Crippen LogP contribution is -2.10. The van der Waals surface area contributed by atoms with Crippen LogP contribution in [0.15, 0.2) is 24.3 Å². The van der Waals surface area contributed by atoms with Crippen LogP contribution in [0.2, 0.25) is 0 Å². The predicted octanol–water partition coefficient (Wildman–Crippen LogP) is 1.26. The molecule has 1 aromatic rings. The van der Waals surface area contributed by atoms with Crippen molar-refractivity contribution < 1.29 is 22.5 Å². The number of rotatable bonds is 4. The number of hydrogen-bond donors (Lipinski definition) is 1. The molecule has 0 aliphatic rings. The zero-order valence-electron chi connectivity index (χ0n) is 8.00. The quantitative estimate of drug-likeness (QED) is 0.479. The molecule has 0 saturated heterocycles. The van der Waals surface area contributed by atoms with E-state index in [4.69, 9.17) is 4.55 Å². The van der Waals surface area contributed by atoms with Gasteiger partial charge in [0, 0.05) is 0 Å². The van der Waals surface area contributed by atoms with Crippen molar-refractivity contribution in [2.45, 2.75) is 6.92 Å². The van der Waals surface area contributed by atoms with Crippen LogP contribution in [0.3, 0.4) is 0 Å². The Labute approximate surface area is 89.5 Å². The molecule has 0 saturated carbocycles. The summed E-state index contributed by atoms with van der Waals surface area (Å²) in [4.78, 5) is 11.4. The first-order valence-corrected chi connectivity index (χ1v) is 5.11. The molecule has 1 atom stereocenters. The largest absolute Gasteiger partial charge is 0.434 e. The van der Waals surface area contributed by atoms with Crippen molar-refractivity contribution in [3.63, 3.8) is 0 Å². The molecule has 15 heavy (non-hydrogen) atoms. The maximum Gasteiger partial charge on any atom is 0.340 e. The molecule has 0 amide bonds. The van der Waals surface area contributed by atoms with Gasteiger partial charge in [0.25, 0.3) is 0 Å². The van der Waals surface area contributed by atoms with E-state index in [2.05, 4.69) is 8.92 Å². The highest BCUT2D eigenvalue weighted by Gasteiger charge is 2.09. The second-order valence-corrected chi connectivity index (χ2v) is 3.37. The van der Waals surface area contributed by atoms with Gasteiger partial charge in [-0.1, -0.05) is 18.2 Å². The molecule has 1 aromatic carbocycles. The Bertz CT molecular complexity index is 377. The van der Waals surface area contributed by atoms with Gasteiger partial charge >= 0.3 is 17.3 Å². The maximum atomic E-state index is 11.4. The summed E-state index contributed by atoms with van der Waals surface area (Å²) in [5.41, 5.74) is 1.18. The van der Waals surface area contributed by atoms with Gasteiger partial charge in [-0.3, -0.25) is 4.55 Å². The number of hydrogen-bond acceptors (Lipinski definition) is 4.